The summed E-state index contributed by atoms with van der Waals surface area (Å²) in [5.74, 6) is -7.06. The molecular weight excluding hydrogens is 566 g/mol. The number of aliphatic hydroxyl groups excluding tert-OH is 2. The number of fused-ring (bicyclic) bond motifs is 4. The first-order valence-corrected chi connectivity index (χ1v) is 14.1. The van der Waals surface area contributed by atoms with Gasteiger partial charge in [0.1, 0.15) is 22.8 Å². The van der Waals surface area contributed by atoms with E-state index in [9.17, 15) is 39.6 Å². The maximum absolute atomic E-state index is 14.0. The number of ketones is 2. The van der Waals surface area contributed by atoms with Gasteiger partial charge in [-0.2, -0.15) is 0 Å². The van der Waals surface area contributed by atoms with Crippen LogP contribution in [0.1, 0.15) is 29.3 Å². The van der Waals surface area contributed by atoms with Crippen LogP contribution in [0.5, 0.6) is 5.75 Å². The number of aliphatic hydroxyl groups is 3. The second kappa shape index (κ2) is 10.0. The number of Topliss-reactive ketones (excluding diaryl/α,β-unsaturated/α-hetero) is 2. The van der Waals surface area contributed by atoms with E-state index in [0.717, 1.165) is 5.56 Å². The van der Waals surface area contributed by atoms with Gasteiger partial charge < -0.3 is 31.5 Å². The molecule has 44 heavy (non-hydrogen) atoms. The molecule has 226 valence electrons. The van der Waals surface area contributed by atoms with Crippen molar-refractivity contribution in [3.8, 4) is 16.9 Å². The third kappa shape index (κ3) is 4.11. The summed E-state index contributed by atoms with van der Waals surface area (Å²) >= 11 is 0. The number of nitrogens with two attached hydrogens (primary N) is 1. The number of hydrogen-bond donors (Lipinski definition) is 6. The fraction of sp³-hybridized carbons (Fsp3) is 0.273. The molecule has 0 unspecified atom stereocenters. The highest BCUT2D eigenvalue weighted by Gasteiger charge is 2.63. The Hall–Kier alpha value is -5.00. The van der Waals surface area contributed by atoms with E-state index >= 15 is 0 Å². The van der Waals surface area contributed by atoms with E-state index in [1.54, 1.807) is 44.4 Å². The minimum Gasteiger partial charge on any atom is -0.510 e. The molecule has 3 aromatic carbocycles. The van der Waals surface area contributed by atoms with E-state index in [-0.39, 0.29) is 35.6 Å². The largest absolute Gasteiger partial charge is 0.510 e. The number of carbonyl (C=O) groups excluding carboxylic acids is 4. The topological polar surface area (TPSA) is 190 Å². The number of phenolic OH excluding ortho intramolecular Hbond substituents is 1. The number of likely N-dealkylation sites (N-methyl/N-ethyl adjacent to an activating group) is 1. The van der Waals surface area contributed by atoms with Crippen LogP contribution in [0.25, 0.3) is 21.9 Å². The molecule has 3 aliphatic carbocycles. The molecule has 0 aromatic heterocycles. The number of nitrogens with zero attached hydrogens (tertiary/aromatic N) is 1. The van der Waals surface area contributed by atoms with Crippen LogP contribution in [0.2, 0.25) is 0 Å². The van der Waals surface area contributed by atoms with Gasteiger partial charge in [-0.3, -0.25) is 24.1 Å². The van der Waals surface area contributed by atoms with Crippen molar-refractivity contribution in [2.45, 2.75) is 31.4 Å². The van der Waals surface area contributed by atoms with Crippen molar-refractivity contribution in [2.75, 3.05) is 19.4 Å². The van der Waals surface area contributed by atoms with E-state index in [0.29, 0.717) is 27.6 Å². The van der Waals surface area contributed by atoms with Crippen LogP contribution in [0, 0.1) is 11.8 Å². The molecule has 4 atom stereocenters. The molecule has 0 saturated carbocycles. The summed E-state index contributed by atoms with van der Waals surface area (Å²) in [6.07, 6.45) is 0.229. The Bertz CT molecular complexity index is 1890. The lowest BCUT2D eigenvalue weighted by atomic mass is 9.58. The number of benzene rings is 3. The first-order chi connectivity index (χ1) is 20.7. The molecule has 0 bridgehead atoms. The fourth-order valence-corrected chi connectivity index (χ4v) is 7.18. The number of allylic oxidation sites excluding steroid dienone is 1. The van der Waals surface area contributed by atoms with Crippen molar-refractivity contribution >= 4 is 39.8 Å². The maximum Gasteiger partial charge on any atom is 0.255 e. The van der Waals surface area contributed by atoms with Crippen molar-refractivity contribution in [2.24, 2.45) is 17.6 Å². The van der Waals surface area contributed by atoms with Crippen molar-refractivity contribution < 1.29 is 39.6 Å². The predicted octanol–water partition coefficient (Wildman–Crippen LogP) is 2.90. The molecule has 0 fully saturated rings. The predicted molar refractivity (Wildman–Crippen MR) is 161 cm³/mol. The van der Waals surface area contributed by atoms with Gasteiger partial charge >= 0.3 is 0 Å². The molecule has 3 aromatic rings. The molecule has 11 heteroatoms. The van der Waals surface area contributed by atoms with E-state index in [1.165, 1.54) is 11.8 Å². The zero-order valence-corrected chi connectivity index (χ0v) is 24.2. The number of carbonyl (C=O) groups is 4. The number of amides is 2. The second-order valence-electron chi connectivity index (χ2n) is 11.9. The molecule has 3 aliphatic rings. The van der Waals surface area contributed by atoms with Gasteiger partial charge in [-0.25, -0.2) is 0 Å². The zero-order chi connectivity index (χ0) is 31.8. The molecule has 11 nitrogen and oxygen atoms in total. The molecule has 0 heterocycles. The highest BCUT2D eigenvalue weighted by molar-refractivity contribution is 6.25. The Morgan fingerprint density at radius 3 is 2.39 bits per heavy atom. The van der Waals surface area contributed by atoms with Crippen molar-refractivity contribution in [1.29, 1.82) is 0 Å². The zero-order valence-electron chi connectivity index (χ0n) is 24.2. The van der Waals surface area contributed by atoms with E-state index in [2.05, 4.69) is 5.32 Å². The first kappa shape index (κ1) is 29.1. The highest BCUT2D eigenvalue weighted by atomic mass is 16.3. The van der Waals surface area contributed by atoms with Gasteiger partial charge in [0.15, 0.2) is 11.4 Å². The number of primary amides is 1. The molecule has 6 rings (SSSR count). The van der Waals surface area contributed by atoms with Crippen LogP contribution in [-0.2, 0) is 20.8 Å². The number of aromatic hydroxyl groups is 1. The number of phenols is 1. The molecule has 7 N–H and O–H groups in total. The monoisotopic (exact) mass is 597 g/mol. The van der Waals surface area contributed by atoms with Gasteiger partial charge in [0, 0.05) is 29.5 Å². The van der Waals surface area contributed by atoms with Crippen LogP contribution in [0.15, 0.2) is 71.2 Å². The van der Waals surface area contributed by atoms with Gasteiger partial charge in [-0.15, -0.1) is 0 Å². The summed E-state index contributed by atoms with van der Waals surface area (Å²) in [7, 11) is 3.17. The lowest BCUT2D eigenvalue weighted by Crippen LogP contribution is -2.63. The summed E-state index contributed by atoms with van der Waals surface area (Å²) in [5, 5.41) is 49.4. The fourth-order valence-electron chi connectivity index (χ4n) is 7.18. The van der Waals surface area contributed by atoms with Gasteiger partial charge in [0.2, 0.25) is 11.7 Å². The SMILES string of the molecule is CC(=O)Nc1cccc(-c2ccc3cc4c(c(O)c3c2)C(=O)C2=C(O)[C@]3(O)C(=O)C(C(N)=O)=C(O)[C@@H](N(C)C)[C@@H]3C[C@@H]2C4)c1. The number of rotatable bonds is 4. The first-order valence-electron chi connectivity index (χ1n) is 14.1. The van der Waals surface area contributed by atoms with E-state index < -0.39 is 58.0 Å². The van der Waals surface area contributed by atoms with E-state index in [1.807, 2.05) is 18.2 Å². The Balaban J connectivity index is 1.49. The molecule has 0 radical (unpaired) electrons. The van der Waals surface area contributed by atoms with Gasteiger partial charge in [0.05, 0.1) is 11.6 Å². The van der Waals surface area contributed by atoms with Crippen LogP contribution >= 0.6 is 0 Å². The quantitative estimate of drug-likeness (QED) is 0.246. The third-order valence-electron chi connectivity index (χ3n) is 9.04. The van der Waals surface area contributed by atoms with Gasteiger partial charge in [-0.1, -0.05) is 30.3 Å². The molecule has 0 aliphatic heterocycles. The van der Waals surface area contributed by atoms with E-state index in [4.69, 9.17) is 5.73 Å². The second-order valence-corrected chi connectivity index (χ2v) is 11.9. The van der Waals surface area contributed by atoms with Crippen LogP contribution in [0.3, 0.4) is 0 Å². The Kier molecular flexibility index (Phi) is 6.63. The Morgan fingerprint density at radius 1 is 1.02 bits per heavy atom. The van der Waals surface area contributed by atoms with Crippen molar-refractivity contribution in [1.82, 2.24) is 4.90 Å². The summed E-state index contributed by atoms with van der Waals surface area (Å²) in [4.78, 5) is 52.7. The maximum atomic E-state index is 14.0. The number of hydrogen-bond acceptors (Lipinski definition) is 9. The minimum absolute atomic E-state index is 0.0220. The lowest BCUT2D eigenvalue weighted by molar-refractivity contribution is -0.148. The summed E-state index contributed by atoms with van der Waals surface area (Å²) in [5.41, 5.74) is 4.20. The van der Waals surface area contributed by atoms with Gasteiger partial charge in [-0.05, 0) is 73.1 Å². The smallest absolute Gasteiger partial charge is 0.255 e. The molecule has 2 amide bonds. The molecular formula is C33H31N3O8. The van der Waals surface area contributed by atoms with Crippen LogP contribution in [0.4, 0.5) is 5.69 Å². The number of anilines is 1. The molecule has 0 saturated heterocycles. The van der Waals surface area contributed by atoms with Crippen molar-refractivity contribution in [3.63, 3.8) is 0 Å². The van der Waals surface area contributed by atoms with Crippen LogP contribution in [-0.4, -0.2) is 74.4 Å². The summed E-state index contributed by atoms with van der Waals surface area (Å²) in [6, 6.07) is 13.3. The lowest BCUT2D eigenvalue weighted by Gasteiger charge is -2.50. The highest BCUT2D eigenvalue weighted by Crippen LogP contribution is 2.53. The summed E-state index contributed by atoms with van der Waals surface area (Å²) < 4.78 is 0. The van der Waals surface area contributed by atoms with Gasteiger partial charge in [0.25, 0.3) is 5.91 Å². The molecule has 0 spiro atoms. The Morgan fingerprint density at radius 2 is 1.73 bits per heavy atom. The Labute approximate surface area is 251 Å². The normalized spacial score (nSPS) is 24.7. The third-order valence-corrected chi connectivity index (χ3v) is 9.04. The minimum atomic E-state index is -2.69. The standard InChI is InChI=1S/C33H31N3O8/c1-14(37)35-20-6-4-5-15(11-20)16-7-8-17-9-18-10-19-13-22-26(36(2)3)29(40)25(32(34)43)31(42)33(22,44)30(41)24(19)28(39)23(18)27(38)21(17)12-16/h4-9,11-12,19,22,26,38,40-41,44H,10,13H2,1-3H3,(H2,34,43)(H,35,37)/t19-,22-,26-,33-/m0/s1. The summed E-state index contributed by atoms with van der Waals surface area (Å²) in [6.45, 7) is 1.41. The van der Waals surface area contributed by atoms with Crippen molar-refractivity contribution in [3.05, 3.63) is 82.3 Å². The number of nitrogens with one attached hydrogen (secondary N) is 1. The average molecular weight is 598 g/mol. The van der Waals surface area contributed by atoms with Crippen LogP contribution < -0.4 is 11.1 Å². The average Bonchev–Trinajstić information content (AvgIpc) is 2.94.